The van der Waals surface area contributed by atoms with E-state index in [-0.39, 0.29) is 12.6 Å². The predicted molar refractivity (Wildman–Crippen MR) is 128 cm³/mol. The molecule has 0 amide bonds. The van der Waals surface area contributed by atoms with Crippen molar-refractivity contribution in [1.82, 2.24) is 9.88 Å². The van der Waals surface area contributed by atoms with Gasteiger partial charge in [-0.3, -0.25) is 9.69 Å². The van der Waals surface area contributed by atoms with Gasteiger partial charge in [0.2, 0.25) is 3.79 Å². The number of aromatic amines is 1. The molecule has 32 heavy (non-hydrogen) atoms. The molecule has 0 radical (unpaired) electrons. The Bertz CT molecular complexity index is 1030. The third-order valence-electron chi connectivity index (χ3n) is 5.62. The Morgan fingerprint density at radius 1 is 1.25 bits per heavy atom. The molecule has 0 fully saturated rings. The molecule has 0 bridgehead atoms. The number of likely N-dealkylation sites (N-methyl/N-ethyl adjacent to an activating group) is 1. The number of halogens is 3. The van der Waals surface area contributed by atoms with Gasteiger partial charge in [-0.25, -0.2) is 4.79 Å². The SMILES string of the molecule is CC/C1=C/CCC(C(=O)OC)c2[nH]c3ccc(C(=O)OCC(Cl)(Cl)Cl)cc3c2CN(C)C1. The van der Waals surface area contributed by atoms with Crippen molar-refractivity contribution in [2.45, 2.75) is 42.4 Å². The molecule has 3 rings (SSSR count). The zero-order chi connectivity index (χ0) is 23.5. The fourth-order valence-electron chi connectivity index (χ4n) is 4.06. The maximum Gasteiger partial charge on any atom is 0.338 e. The highest BCUT2D eigenvalue weighted by atomic mass is 35.6. The number of allylic oxidation sites excluding steroid dienone is 1. The fourth-order valence-corrected chi connectivity index (χ4v) is 4.23. The van der Waals surface area contributed by atoms with Crippen LogP contribution in [0.4, 0.5) is 0 Å². The fraction of sp³-hybridized carbons (Fsp3) is 0.478. The van der Waals surface area contributed by atoms with Crippen molar-refractivity contribution in [3.8, 4) is 0 Å². The van der Waals surface area contributed by atoms with E-state index in [1.807, 2.05) is 7.05 Å². The van der Waals surface area contributed by atoms with Gasteiger partial charge in [0.05, 0.1) is 18.6 Å². The number of carbonyl (C=O) groups is 2. The number of rotatable bonds is 4. The summed E-state index contributed by atoms with van der Waals surface area (Å²) in [4.78, 5) is 30.8. The van der Waals surface area contributed by atoms with Gasteiger partial charge in [0.1, 0.15) is 6.61 Å². The van der Waals surface area contributed by atoms with Gasteiger partial charge in [-0.1, -0.05) is 53.4 Å². The molecule has 9 heteroatoms. The first-order chi connectivity index (χ1) is 15.1. The van der Waals surface area contributed by atoms with Crippen LogP contribution in [0.2, 0.25) is 0 Å². The second-order valence-corrected chi connectivity index (χ2v) is 10.5. The van der Waals surface area contributed by atoms with Gasteiger partial charge in [0.25, 0.3) is 0 Å². The van der Waals surface area contributed by atoms with E-state index in [0.717, 1.165) is 41.5 Å². The van der Waals surface area contributed by atoms with Crippen LogP contribution in [0, 0.1) is 0 Å². The second-order valence-electron chi connectivity index (χ2n) is 8.01. The highest BCUT2D eigenvalue weighted by Crippen LogP contribution is 2.34. The lowest BCUT2D eigenvalue weighted by Gasteiger charge is -2.23. The Balaban J connectivity index is 2.05. The number of fused-ring (bicyclic) bond motifs is 3. The number of ether oxygens (including phenoxy) is 2. The number of hydrogen-bond donors (Lipinski definition) is 1. The number of methoxy groups -OCH3 is 1. The maximum atomic E-state index is 12.7. The summed E-state index contributed by atoms with van der Waals surface area (Å²) in [7, 11) is 3.45. The number of esters is 2. The summed E-state index contributed by atoms with van der Waals surface area (Å²) >= 11 is 17.1. The molecule has 1 unspecified atom stereocenters. The smallest absolute Gasteiger partial charge is 0.338 e. The average molecular weight is 502 g/mol. The van der Waals surface area contributed by atoms with Crippen molar-refractivity contribution in [3.05, 3.63) is 46.7 Å². The zero-order valence-corrected chi connectivity index (χ0v) is 20.6. The van der Waals surface area contributed by atoms with Gasteiger partial charge in [-0.05, 0) is 50.1 Å². The molecule has 1 aromatic carbocycles. The lowest BCUT2D eigenvalue weighted by atomic mass is 9.93. The summed E-state index contributed by atoms with van der Waals surface area (Å²) in [6.07, 6.45) is 4.59. The minimum atomic E-state index is -1.68. The number of alkyl halides is 3. The summed E-state index contributed by atoms with van der Waals surface area (Å²) in [5, 5.41) is 0.853. The van der Waals surface area contributed by atoms with Crippen molar-refractivity contribution in [2.75, 3.05) is 27.3 Å². The normalized spacial score (nSPS) is 19.7. The second kappa shape index (κ2) is 10.5. The third kappa shape index (κ3) is 5.98. The minimum absolute atomic E-state index is 0.283. The van der Waals surface area contributed by atoms with Crippen LogP contribution in [0.3, 0.4) is 0 Å². The van der Waals surface area contributed by atoms with Crippen LogP contribution in [0.25, 0.3) is 10.9 Å². The summed E-state index contributed by atoms with van der Waals surface area (Å²) in [6.45, 7) is 3.22. The van der Waals surface area contributed by atoms with Crippen LogP contribution in [-0.4, -0.2) is 52.9 Å². The highest BCUT2D eigenvalue weighted by molar-refractivity contribution is 6.67. The zero-order valence-electron chi connectivity index (χ0n) is 18.3. The topological polar surface area (TPSA) is 71.6 Å². The van der Waals surface area contributed by atoms with E-state index in [9.17, 15) is 9.59 Å². The van der Waals surface area contributed by atoms with Crippen molar-refractivity contribution in [1.29, 1.82) is 0 Å². The van der Waals surface area contributed by atoms with E-state index in [0.29, 0.717) is 18.5 Å². The Labute approximate surface area is 202 Å². The van der Waals surface area contributed by atoms with Crippen LogP contribution in [0.1, 0.15) is 53.7 Å². The van der Waals surface area contributed by atoms with Crippen LogP contribution in [-0.2, 0) is 20.8 Å². The molecule has 2 aromatic rings. The van der Waals surface area contributed by atoms with Crippen molar-refractivity contribution >= 4 is 57.6 Å². The first-order valence-corrected chi connectivity index (χ1v) is 11.6. The van der Waals surface area contributed by atoms with Crippen molar-refractivity contribution in [3.63, 3.8) is 0 Å². The molecule has 1 aliphatic heterocycles. The van der Waals surface area contributed by atoms with Gasteiger partial charge < -0.3 is 14.5 Å². The van der Waals surface area contributed by atoms with Crippen molar-refractivity contribution in [2.24, 2.45) is 0 Å². The predicted octanol–water partition coefficient (Wildman–Crippen LogP) is 5.51. The van der Waals surface area contributed by atoms with Gasteiger partial charge in [0, 0.05) is 29.7 Å². The number of hydrogen-bond acceptors (Lipinski definition) is 5. The van der Waals surface area contributed by atoms with Crippen LogP contribution >= 0.6 is 34.8 Å². The molecule has 0 saturated carbocycles. The average Bonchev–Trinajstić information content (AvgIpc) is 3.10. The first-order valence-electron chi connectivity index (χ1n) is 10.5. The summed E-state index contributed by atoms with van der Waals surface area (Å²) in [6, 6.07) is 5.21. The van der Waals surface area contributed by atoms with E-state index in [2.05, 4.69) is 22.9 Å². The quantitative estimate of drug-likeness (QED) is 0.340. The maximum absolute atomic E-state index is 12.7. The molecule has 1 N–H and O–H groups in total. The molecule has 0 saturated heterocycles. The lowest BCUT2D eigenvalue weighted by Crippen LogP contribution is -2.24. The molecule has 0 spiro atoms. The van der Waals surface area contributed by atoms with Crippen LogP contribution in [0.15, 0.2) is 29.8 Å². The highest BCUT2D eigenvalue weighted by Gasteiger charge is 2.29. The first kappa shape index (κ1) is 24.9. The largest absolute Gasteiger partial charge is 0.469 e. The van der Waals surface area contributed by atoms with E-state index in [4.69, 9.17) is 44.3 Å². The van der Waals surface area contributed by atoms with Crippen molar-refractivity contribution < 1.29 is 19.1 Å². The van der Waals surface area contributed by atoms with E-state index in [1.165, 1.54) is 12.7 Å². The monoisotopic (exact) mass is 500 g/mol. The van der Waals surface area contributed by atoms with E-state index >= 15 is 0 Å². The molecule has 1 aliphatic rings. The molecule has 6 nitrogen and oxygen atoms in total. The van der Waals surface area contributed by atoms with Gasteiger partial charge in [-0.2, -0.15) is 0 Å². The van der Waals surface area contributed by atoms with Gasteiger partial charge in [0.15, 0.2) is 0 Å². The Morgan fingerprint density at radius 2 is 2.00 bits per heavy atom. The molecule has 174 valence electrons. The third-order valence-corrected chi connectivity index (χ3v) is 5.95. The minimum Gasteiger partial charge on any atom is -0.469 e. The van der Waals surface area contributed by atoms with E-state index in [1.54, 1.807) is 18.2 Å². The van der Waals surface area contributed by atoms with Gasteiger partial charge >= 0.3 is 11.9 Å². The number of benzene rings is 1. The molecule has 2 heterocycles. The standard InChI is InChI=1S/C23H27Cl3N2O4/c1-4-14-6-5-7-16(22(30)31-3)20-18(12-28(2)11-14)17-10-15(8-9-19(17)27-20)21(29)32-13-23(24,25)26/h6,8-10,16,27H,4-5,7,11-13H2,1-3H3/b14-6-. The molecule has 0 aliphatic carbocycles. The molecule has 1 aromatic heterocycles. The van der Waals surface area contributed by atoms with Crippen LogP contribution in [0.5, 0.6) is 0 Å². The number of H-pyrrole nitrogens is 1. The molecule has 1 atom stereocenters. The summed E-state index contributed by atoms with van der Waals surface area (Å²) in [5.41, 5.74) is 4.29. The number of carbonyl (C=O) groups excluding carboxylic acids is 2. The Morgan fingerprint density at radius 3 is 2.66 bits per heavy atom. The number of nitrogens with one attached hydrogen (secondary N) is 1. The van der Waals surface area contributed by atoms with Gasteiger partial charge in [-0.15, -0.1) is 0 Å². The Hall–Kier alpha value is -1.73. The molecular formula is C23H27Cl3N2O4. The number of nitrogens with zero attached hydrogens (tertiary/aromatic N) is 1. The van der Waals surface area contributed by atoms with E-state index < -0.39 is 15.7 Å². The Kier molecular flexibility index (Phi) is 8.15. The summed E-state index contributed by atoms with van der Waals surface area (Å²) in [5.74, 6) is -1.29. The lowest BCUT2D eigenvalue weighted by molar-refractivity contribution is -0.142. The summed E-state index contributed by atoms with van der Waals surface area (Å²) < 4.78 is 8.57. The molecular weight excluding hydrogens is 475 g/mol. The van der Waals surface area contributed by atoms with Crippen LogP contribution < -0.4 is 0 Å². The number of aromatic nitrogens is 1.